The number of nitrogens with one attached hydrogen (secondary N) is 1. The Morgan fingerprint density at radius 1 is 0.963 bits per heavy atom. The summed E-state index contributed by atoms with van der Waals surface area (Å²) in [5, 5.41) is 2.80. The van der Waals surface area contributed by atoms with Crippen LogP contribution in [0.25, 0.3) is 6.08 Å². The molecule has 1 aliphatic rings. The van der Waals surface area contributed by atoms with Crippen LogP contribution in [0.5, 0.6) is 0 Å². The molecular formula is C22H24N2O3. The van der Waals surface area contributed by atoms with Gasteiger partial charge in [0.25, 0.3) is 11.8 Å². The molecule has 1 saturated heterocycles. The molecule has 5 heteroatoms. The van der Waals surface area contributed by atoms with Crippen molar-refractivity contribution < 1.29 is 14.3 Å². The normalized spacial score (nSPS) is 20.2. The van der Waals surface area contributed by atoms with Crippen LogP contribution >= 0.6 is 0 Å². The summed E-state index contributed by atoms with van der Waals surface area (Å²) in [5.74, 6) is -0.509. The van der Waals surface area contributed by atoms with E-state index in [1.807, 2.05) is 50.2 Å². The molecule has 2 unspecified atom stereocenters. The molecule has 2 amide bonds. The molecule has 1 N–H and O–H groups in total. The number of carbonyl (C=O) groups is 2. The van der Waals surface area contributed by atoms with E-state index in [0.717, 1.165) is 5.56 Å². The Kier molecular flexibility index (Phi) is 6.04. The van der Waals surface area contributed by atoms with E-state index < -0.39 is 0 Å². The van der Waals surface area contributed by atoms with Crippen molar-refractivity contribution in [3.63, 3.8) is 0 Å². The lowest BCUT2D eigenvalue weighted by atomic mass is 10.1. The number of ether oxygens (including phenoxy) is 1. The minimum absolute atomic E-state index is 0.0412. The van der Waals surface area contributed by atoms with E-state index in [-0.39, 0.29) is 29.7 Å². The maximum atomic E-state index is 13.1. The van der Waals surface area contributed by atoms with Crippen LogP contribution in [-0.2, 0) is 9.53 Å². The van der Waals surface area contributed by atoms with Gasteiger partial charge in [0.2, 0.25) is 0 Å². The monoisotopic (exact) mass is 364 g/mol. The molecule has 27 heavy (non-hydrogen) atoms. The minimum atomic E-state index is -0.305. The predicted molar refractivity (Wildman–Crippen MR) is 105 cm³/mol. The van der Waals surface area contributed by atoms with Crippen molar-refractivity contribution in [2.24, 2.45) is 0 Å². The zero-order valence-corrected chi connectivity index (χ0v) is 15.6. The molecule has 1 heterocycles. The molecule has 3 rings (SSSR count). The van der Waals surface area contributed by atoms with Gasteiger partial charge >= 0.3 is 0 Å². The molecule has 0 bridgehead atoms. The van der Waals surface area contributed by atoms with Gasteiger partial charge in [-0.2, -0.15) is 0 Å². The second kappa shape index (κ2) is 8.64. The summed E-state index contributed by atoms with van der Waals surface area (Å²) in [6, 6.07) is 18.4. The summed E-state index contributed by atoms with van der Waals surface area (Å²) in [4.78, 5) is 27.5. The summed E-state index contributed by atoms with van der Waals surface area (Å²) in [6.45, 7) is 4.88. The third-order valence-corrected chi connectivity index (χ3v) is 4.33. The topological polar surface area (TPSA) is 58.6 Å². The Morgan fingerprint density at radius 2 is 1.52 bits per heavy atom. The molecule has 5 nitrogen and oxygen atoms in total. The van der Waals surface area contributed by atoms with Crippen LogP contribution in [0, 0.1) is 0 Å². The maximum absolute atomic E-state index is 13.1. The Bertz CT molecular complexity index is 808. The highest BCUT2D eigenvalue weighted by atomic mass is 16.5. The zero-order chi connectivity index (χ0) is 19.2. The summed E-state index contributed by atoms with van der Waals surface area (Å²) >= 11 is 0. The number of benzene rings is 2. The standard InChI is InChI=1S/C22H24N2O3/c1-16-14-24(15-17(2)27-16)22(26)20(13-18-9-5-3-6-10-18)23-21(25)19-11-7-4-8-12-19/h3-13,16-17H,14-15H2,1-2H3,(H,23,25). The van der Waals surface area contributed by atoms with Crippen molar-refractivity contribution in [3.8, 4) is 0 Å². The van der Waals surface area contributed by atoms with Crippen molar-refractivity contribution >= 4 is 17.9 Å². The van der Waals surface area contributed by atoms with Gasteiger partial charge in [-0.1, -0.05) is 48.5 Å². The molecule has 1 fully saturated rings. The van der Waals surface area contributed by atoms with Crippen LogP contribution in [0.4, 0.5) is 0 Å². The van der Waals surface area contributed by atoms with E-state index in [4.69, 9.17) is 4.74 Å². The highest BCUT2D eigenvalue weighted by molar-refractivity contribution is 6.05. The smallest absolute Gasteiger partial charge is 0.270 e. The highest BCUT2D eigenvalue weighted by Gasteiger charge is 2.28. The fourth-order valence-electron chi connectivity index (χ4n) is 3.17. The Hall–Kier alpha value is -2.92. The first-order valence-electron chi connectivity index (χ1n) is 9.11. The molecule has 2 aromatic rings. The van der Waals surface area contributed by atoms with Crippen molar-refractivity contribution in [2.75, 3.05) is 13.1 Å². The van der Waals surface area contributed by atoms with Crippen LogP contribution in [0.1, 0.15) is 29.8 Å². The number of hydrogen-bond donors (Lipinski definition) is 1. The van der Waals surface area contributed by atoms with E-state index in [1.165, 1.54) is 0 Å². The molecule has 2 aromatic carbocycles. The van der Waals surface area contributed by atoms with Gasteiger partial charge in [0, 0.05) is 18.7 Å². The van der Waals surface area contributed by atoms with Gasteiger partial charge in [0.05, 0.1) is 12.2 Å². The molecule has 0 aliphatic carbocycles. The molecule has 0 radical (unpaired) electrons. The van der Waals surface area contributed by atoms with Gasteiger partial charge < -0.3 is 15.0 Å². The highest BCUT2D eigenvalue weighted by Crippen LogP contribution is 2.15. The van der Waals surface area contributed by atoms with E-state index in [2.05, 4.69) is 5.32 Å². The zero-order valence-electron chi connectivity index (χ0n) is 15.6. The molecule has 0 spiro atoms. The van der Waals surface area contributed by atoms with Crippen LogP contribution in [0.15, 0.2) is 66.4 Å². The Morgan fingerprint density at radius 3 is 2.11 bits per heavy atom. The number of amides is 2. The van der Waals surface area contributed by atoms with Crippen LogP contribution in [0.2, 0.25) is 0 Å². The molecular weight excluding hydrogens is 340 g/mol. The van der Waals surface area contributed by atoms with E-state index in [9.17, 15) is 9.59 Å². The fraction of sp³-hybridized carbons (Fsp3) is 0.273. The number of carbonyl (C=O) groups excluding carboxylic acids is 2. The van der Waals surface area contributed by atoms with Gasteiger partial charge in [-0.3, -0.25) is 9.59 Å². The first-order valence-corrected chi connectivity index (χ1v) is 9.11. The van der Waals surface area contributed by atoms with Crippen LogP contribution in [0.3, 0.4) is 0 Å². The fourth-order valence-corrected chi connectivity index (χ4v) is 3.17. The second-order valence-electron chi connectivity index (χ2n) is 6.76. The SMILES string of the molecule is CC1CN(C(=O)C(=Cc2ccccc2)NC(=O)c2ccccc2)CC(C)O1. The number of hydrogen-bond acceptors (Lipinski definition) is 3. The summed E-state index contributed by atoms with van der Waals surface area (Å²) in [7, 11) is 0. The second-order valence-corrected chi connectivity index (χ2v) is 6.76. The van der Waals surface area contributed by atoms with Crippen molar-refractivity contribution in [3.05, 3.63) is 77.5 Å². The molecule has 0 saturated carbocycles. The summed E-state index contributed by atoms with van der Waals surface area (Å²) < 4.78 is 5.71. The van der Waals surface area contributed by atoms with Gasteiger partial charge in [-0.05, 0) is 37.6 Å². The summed E-state index contributed by atoms with van der Waals surface area (Å²) in [5.41, 5.74) is 1.62. The largest absolute Gasteiger partial charge is 0.372 e. The molecule has 1 aliphatic heterocycles. The number of rotatable bonds is 4. The lowest BCUT2D eigenvalue weighted by molar-refractivity contribution is -0.139. The number of morpholine rings is 1. The van der Waals surface area contributed by atoms with E-state index in [1.54, 1.807) is 35.2 Å². The number of nitrogens with zero attached hydrogens (tertiary/aromatic N) is 1. The van der Waals surface area contributed by atoms with Gasteiger partial charge in [0.1, 0.15) is 5.70 Å². The van der Waals surface area contributed by atoms with Gasteiger partial charge in [0.15, 0.2) is 0 Å². The maximum Gasteiger partial charge on any atom is 0.270 e. The first kappa shape index (κ1) is 18.9. The Balaban J connectivity index is 1.87. The quantitative estimate of drug-likeness (QED) is 0.848. The van der Waals surface area contributed by atoms with Crippen LogP contribution in [-0.4, -0.2) is 42.0 Å². The summed E-state index contributed by atoms with van der Waals surface area (Å²) in [6.07, 6.45) is 1.63. The first-order chi connectivity index (χ1) is 13.0. The Labute approximate surface area is 159 Å². The van der Waals surface area contributed by atoms with Crippen molar-refractivity contribution in [1.29, 1.82) is 0 Å². The van der Waals surface area contributed by atoms with Crippen LogP contribution < -0.4 is 5.32 Å². The van der Waals surface area contributed by atoms with E-state index >= 15 is 0 Å². The lowest BCUT2D eigenvalue weighted by Crippen LogP contribution is -2.50. The van der Waals surface area contributed by atoms with Crippen molar-refractivity contribution in [2.45, 2.75) is 26.1 Å². The van der Waals surface area contributed by atoms with Crippen molar-refractivity contribution in [1.82, 2.24) is 10.2 Å². The lowest BCUT2D eigenvalue weighted by Gasteiger charge is -2.35. The molecule has 2 atom stereocenters. The van der Waals surface area contributed by atoms with E-state index in [0.29, 0.717) is 18.7 Å². The predicted octanol–water partition coefficient (Wildman–Crippen LogP) is 3.09. The van der Waals surface area contributed by atoms with Gasteiger partial charge in [-0.15, -0.1) is 0 Å². The average Bonchev–Trinajstić information content (AvgIpc) is 2.67. The van der Waals surface area contributed by atoms with Gasteiger partial charge in [-0.25, -0.2) is 0 Å². The minimum Gasteiger partial charge on any atom is -0.372 e. The third kappa shape index (κ3) is 5.05. The third-order valence-electron chi connectivity index (χ3n) is 4.33. The molecule has 0 aromatic heterocycles. The average molecular weight is 364 g/mol. The molecule has 140 valence electrons.